The lowest BCUT2D eigenvalue weighted by Crippen LogP contribution is -2.41. The Balaban J connectivity index is 1.38. The molecule has 152 valence electrons. The fourth-order valence-electron chi connectivity index (χ4n) is 3.29. The zero-order valence-corrected chi connectivity index (χ0v) is 16.6. The molecular formula is C23H26N2O4. The molecule has 0 radical (unpaired) electrons. The number of nitrogens with zero attached hydrogens (tertiary/aromatic N) is 1. The Morgan fingerprint density at radius 3 is 2.34 bits per heavy atom. The lowest BCUT2D eigenvalue weighted by molar-refractivity contribution is 0.0800. The molecule has 1 heterocycles. The van der Waals surface area contributed by atoms with Crippen LogP contribution in [0.2, 0.25) is 0 Å². The fourth-order valence-corrected chi connectivity index (χ4v) is 3.29. The molecule has 2 aromatic rings. The Labute approximate surface area is 170 Å². The van der Waals surface area contributed by atoms with Crippen molar-refractivity contribution in [2.75, 3.05) is 19.6 Å². The van der Waals surface area contributed by atoms with Gasteiger partial charge in [0.2, 0.25) is 0 Å². The van der Waals surface area contributed by atoms with Gasteiger partial charge in [-0.25, -0.2) is 4.79 Å². The Hall–Kier alpha value is -3.15. The summed E-state index contributed by atoms with van der Waals surface area (Å²) in [6.45, 7) is 4.12. The van der Waals surface area contributed by atoms with Gasteiger partial charge < -0.3 is 15.0 Å². The van der Waals surface area contributed by atoms with Crippen molar-refractivity contribution in [3.05, 3.63) is 70.8 Å². The smallest absolute Gasteiger partial charge is 0.410 e. The summed E-state index contributed by atoms with van der Waals surface area (Å²) in [4.78, 5) is 36.9. The highest BCUT2D eigenvalue weighted by Crippen LogP contribution is 2.18. The van der Waals surface area contributed by atoms with Gasteiger partial charge in [0, 0.05) is 30.8 Å². The first-order valence-corrected chi connectivity index (χ1v) is 9.86. The third-order valence-electron chi connectivity index (χ3n) is 5.22. The molecule has 2 amide bonds. The zero-order valence-electron chi connectivity index (χ0n) is 16.6. The number of hydrogen-bond acceptors (Lipinski definition) is 4. The molecule has 1 N–H and O–H groups in total. The van der Waals surface area contributed by atoms with E-state index in [4.69, 9.17) is 4.74 Å². The number of aryl methyl sites for hydroxylation is 1. The van der Waals surface area contributed by atoms with Crippen molar-refractivity contribution in [2.45, 2.75) is 26.4 Å². The Morgan fingerprint density at radius 2 is 1.72 bits per heavy atom. The summed E-state index contributed by atoms with van der Waals surface area (Å²) in [6, 6.07) is 14.5. The second kappa shape index (κ2) is 9.87. The number of rotatable bonds is 6. The summed E-state index contributed by atoms with van der Waals surface area (Å²) in [6.07, 6.45) is 2.11. The molecule has 1 aliphatic heterocycles. The van der Waals surface area contributed by atoms with Crippen LogP contribution in [0.25, 0.3) is 0 Å². The van der Waals surface area contributed by atoms with Crippen molar-refractivity contribution < 1.29 is 19.1 Å². The van der Waals surface area contributed by atoms with Crippen LogP contribution in [-0.4, -0.2) is 42.8 Å². The molecule has 0 atom stereocenters. The van der Waals surface area contributed by atoms with Crippen molar-refractivity contribution in [3.63, 3.8) is 0 Å². The number of piperidine rings is 1. The molecule has 1 saturated heterocycles. The normalized spacial score (nSPS) is 14.3. The van der Waals surface area contributed by atoms with E-state index < -0.39 is 0 Å². The molecule has 0 aliphatic carbocycles. The first-order valence-electron chi connectivity index (χ1n) is 9.86. The number of likely N-dealkylation sites (tertiary alicyclic amines) is 1. The maximum absolute atomic E-state index is 12.3. The predicted octanol–water partition coefficient (Wildman–Crippen LogP) is 3.59. The fraction of sp³-hybridized carbons (Fsp3) is 0.348. The number of benzene rings is 2. The van der Waals surface area contributed by atoms with Crippen LogP contribution in [0.15, 0.2) is 48.5 Å². The summed E-state index contributed by atoms with van der Waals surface area (Å²) in [5.74, 6) is 0.178. The molecule has 1 fully saturated rings. The van der Waals surface area contributed by atoms with Crippen LogP contribution in [0.3, 0.4) is 0 Å². The highest BCUT2D eigenvalue weighted by molar-refractivity contribution is 5.94. The standard InChI is InChI=1S/C23H26N2O4/c1-17-2-4-20(5-3-17)16-29-23(28)25-12-10-18(11-13-25)14-24-22(27)21-8-6-19(15-26)7-9-21/h2-9,15,18H,10-14,16H2,1H3,(H,24,27). The number of amides is 2. The van der Waals surface area contributed by atoms with Crippen LogP contribution >= 0.6 is 0 Å². The average Bonchev–Trinajstić information content (AvgIpc) is 2.77. The molecule has 1 aliphatic rings. The summed E-state index contributed by atoms with van der Waals surface area (Å²) >= 11 is 0. The van der Waals surface area contributed by atoms with E-state index in [1.54, 1.807) is 29.2 Å². The maximum Gasteiger partial charge on any atom is 0.410 e. The van der Waals surface area contributed by atoms with Crippen LogP contribution in [0.4, 0.5) is 4.79 Å². The van der Waals surface area contributed by atoms with E-state index in [0.29, 0.717) is 36.7 Å². The van der Waals surface area contributed by atoms with E-state index in [9.17, 15) is 14.4 Å². The first kappa shape index (κ1) is 20.6. The Kier molecular flexibility index (Phi) is 7.00. The largest absolute Gasteiger partial charge is 0.445 e. The molecule has 6 nitrogen and oxygen atoms in total. The maximum atomic E-state index is 12.3. The lowest BCUT2D eigenvalue weighted by atomic mass is 9.97. The van der Waals surface area contributed by atoms with Gasteiger partial charge in [-0.15, -0.1) is 0 Å². The van der Waals surface area contributed by atoms with Crippen LogP contribution in [0.5, 0.6) is 0 Å². The number of aldehydes is 1. The summed E-state index contributed by atoms with van der Waals surface area (Å²) < 4.78 is 5.41. The number of carbonyl (C=O) groups excluding carboxylic acids is 3. The third kappa shape index (κ3) is 5.91. The van der Waals surface area contributed by atoms with Crippen molar-refractivity contribution in [3.8, 4) is 0 Å². The molecule has 2 aromatic carbocycles. The van der Waals surface area contributed by atoms with Gasteiger partial charge in [0.1, 0.15) is 12.9 Å². The van der Waals surface area contributed by atoms with E-state index in [1.807, 2.05) is 31.2 Å². The molecule has 0 bridgehead atoms. The van der Waals surface area contributed by atoms with E-state index in [2.05, 4.69) is 5.32 Å². The second-order valence-electron chi connectivity index (χ2n) is 7.42. The van der Waals surface area contributed by atoms with Gasteiger partial charge in [0.15, 0.2) is 0 Å². The van der Waals surface area contributed by atoms with E-state index in [0.717, 1.165) is 24.7 Å². The van der Waals surface area contributed by atoms with E-state index >= 15 is 0 Å². The minimum absolute atomic E-state index is 0.151. The van der Waals surface area contributed by atoms with Gasteiger partial charge in [-0.3, -0.25) is 9.59 Å². The second-order valence-corrected chi connectivity index (χ2v) is 7.42. The highest BCUT2D eigenvalue weighted by atomic mass is 16.6. The zero-order chi connectivity index (χ0) is 20.6. The lowest BCUT2D eigenvalue weighted by Gasteiger charge is -2.31. The summed E-state index contributed by atoms with van der Waals surface area (Å²) in [5.41, 5.74) is 3.23. The molecular weight excluding hydrogens is 368 g/mol. The minimum atomic E-state index is -0.289. The third-order valence-corrected chi connectivity index (χ3v) is 5.22. The SMILES string of the molecule is Cc1ccc(COC(=O)N2CCC(CNC(=O)c3ccc(C=O)cc3)CC2)cc1. The first-order chi connectivity index (χ1) is 14.0. The Bertz CT molecular complexity index is 838. The monoisotopic (exact) mass is 394 g/mol. The van der Waals surface area contributed by atoms with Crippen molar-refractivity contribution in [1.29, 1.82) is 0 Å². The average molecular weight is 394 g/mol. The van der Waals surface area contributed by atoms with Crippen LogP contribution in [0.1, 0.15) is 44.7 Å². The van der Waals surface area contributed by atoms with Gasteiger partial charge >= 0.3 is 6.09 Å². The van der Waals surface area contributed by atoms with Crippen LogP contribution in [-0.2, 0) is 11.3 Å². The van der Waals surface area contributed by atoms with Crippen LogP contribution < -0.4 is 5.32 Å². The number of carbonyl (C=O) groups is 3. The topological polar surface area (TPSA) is 75.7 Å². The van der Waals surface area contributed by atoms with Gasteiger partial charge in [0.05, 0.1) is 0 Å². The van der Waals surface area contributed by atoms with Crippen LogP contribution in [0, 0.1) is 12.8 Å². The molecule has 0 saturated carbocycles. The summed E-state index contributed by atoms with van der Waals surface area (Å²) in [7, 11) is 0. The molecule has 0 unspecified atom stereocenters. The molecule has 3 rings (SSSR count). The summed E-state index contributed by atoms with van der Waals surface area (Å²) in [5, 5.41) is 2.94. The van der Waals surface area contributed by atoms with Crippen molar-refractivity contribution in [1.82, 2.24) is 10.2 Å². The number of nitrogens with one attached hydrogen (secondary N) is 1. The van der Waals surface area contributed by atoms with Gasteiger partial charge in [-0.2, -0.15) is 0 Å². The van der Waals surface area contributed by atoms with Gasteiger partial charge in [0.25, 0.3) is 5.91 Å². The minimum Gasteiger partial charge on any atom is -0.445 e. The highest BCUT2D eigenvalue weighted by Gasteiger charge is 2.24. The molecule has 0 spiro atoms. The van der Waals surface area contributed by atoms with E-state index in [1.165, 1.54) is 5.56 Å². The predicted molar refractivity (Wildman–Crippen MR) is 110 cm³/mol. The van der Waals surface area contributed by atoms with Crippen molar-refractivity contribution >= 4 is 18.3 Å². The molecule has 6 heteroatoms. The van der Waals surface area contributed by atoms with Gasteiger partial charge in [-0.1, -0.05) is 42.0 Å². The van der Waals surface area contributed by atoms with Gasteiger partial charge in [-0.05, 0) is 43.4 Å². The van der Waals surface area contributed by atoms with Crippen molar-refractivity contribution in [2.24, 2.45) is 5.92 Å². The Morgan fingerprint density at radius 1 is 1.07 bits per heavy atom. The van der Waals surface area contributed by atoms with E-state index in [-0.39, 0.29) is 18.6 Å². The molecule has 29 heavy (non-hydrogen) atoms. The number of hydrogen-bond donors (Lipinski definition) is 1. The number of ether oxygens (including phenoxy) is 1. The quantitative estimate of drug-likeness (QED) is 0.760. The molecule has 0 aromatic heterocycles.